The molecular weight excluding hydrogens is 336 g/mol. The number of carboxylic acid groups (broad SMARTS) is 1. The Labute approximate surface area is 138 Å². The largest absolute Gasteiger partial charge is 0.495 e. The van der Waals surface area contributed by atoms with Gasteiger partial charge in [0.2, 0.25) is 5.95 Å². The van der Waals surface area contributed by atoms with Gasteiger partial charge in [0.05, 0.1) is 12.7 Å². The summed E-state index contributed by atoms with van der Waals surface area (Å²) in [5.74, 6) is -1.17. The Kier molecular flexibility index (Phi) is 5.00. The molecule has 1 heterocycles. The van der Waals surface area contributed by atoms with Crippen molar-refractivity contribution >= 4 is 21.9 Å². The molecule has 128 valence electrons. The molecule has 0 aliphatic heterocycles. The lowest BCUT2D eigenvalue weighted by molar-refractivity contribution is 0.0696. The molecule has 0 aliphatic carbocycles. The highest BCUT2D eigenvalue weighted by atomic mass is 32.2. The Hall–Kier alpha value is -2.72. The summed E-state index contributed by atoms with van der Waals surface area (Å²) in [4.78, 5) is 20.9. The number of aromatic nitrogens is 2. The third-order valence-corrected chi connectivity index (χ3v) is 4.25. The van der Waals surface area contributed by atoms with Crippen LogP contribution in [0.2, 0.25) is 0 Å². The van der Waals surface area contributed by atoms with Gasteiger partial charge in [-0.15, -0.1) is 4.83 Å². The van der Waals surface area contributed by atoms with Crippen LogP contribution in [0.15, 0.2) is 29.2 Å². The zero-order valence-corrected chi connectivity index (χ0v) is 14.0. The van der Waals surface area contributed by atoms with Crippen LogP contribution in [0.5, 0.6) is 5.75 Å². The number of aryl methyl sites for hydroxylation is 2. The number of sulfonamides is 1. The van der Waals surface area contributed by atoms with Crippen LogP contribution >= 0.6 is 0 Å². The summed E-state index contributed by atoms with van der Waals surface area (Å²) >= 11 is 0. The molecule has 10 heteroatoms. The summed E-state index contributed by atoms with van der Waals surface area (Å²) in [6, 6.07) is 5.26. The molecule has 2 aromatic rings. The molecule has 1 aromatic carbocycles. The first-order valence-corrected chi connectivity index (χ1v) is 8.22. The average Bonchev–Trinajstić information content (AvgIpc) is 2.51. The SMILES string of the molecule is COc1ccc(C(=O)O)cc1S(=O)(=O)NNc1nc(C)cc(C)n1. The molecule has 0 spiro atoms. The van der Waals surface area contributed by atoms with Crippen LogP contribution in [0, 0.1) is 13.8 Å². The van der Waals surface area contributed by atoms with Crippen molar-refractivity contribution < 1.29 is 23.1 Å². The van der Waals surface area contributed by atoms with Crippen LogP contribution in [-0.2, 0) is 10.0 Å². The van der Waals surface area contributed by atoms with Crippen molar-refractivity contribution in [2.45, 2.75) is 18.7 Å². The Morgan fingerprint density at radius 2 is 1.79 bits per heavy atom. The number of aromatic carboxylic acids is 1. The molecule has 0 saturated heterocycles. The summed E-state index contributed by atoms with van der Waals surface area (Å²) in [6.45, 7) is 3.49. The lowest BCUT2D eigenvalue weighted by Crippen LogP contribution is -2.31. The Balaban J connectivity index is 2.32. The van der Waals surface area contributed by atoms with Crippen molar-refractivity contribution in [3.8, 4) is 5.75 Å². The average molecular weight is 352 g/mol. The fourth-order valence-electron chi connectivity index (χ4n) is 1.97. The van der Waals surface area contributed by atoms with Gasteiger partial charge in [-0.1, -0.05) is 0 Å². The first-order valence-electron chi connectivity index (χ1n) is 6.74. The summed E-state index contributed by atoms with van der Waals surface area (Å²) in [6.07, 6.45) is 0. The molecule has 0 radical (unpaired) electrons. The highest BCUT2D eigenvalue weighted by Crippen LogP contribution is 2.24. The predicted molar refractivity (Wildman–Crippen MR) is 85.4 cm³/mol. The lowest BCUT2D eigenvalue weighted by Gasteiger charge is -2.12. The lowest BCUT2D eigenvalue weighted by atomic mass is 10.2. The molecule has 0 bridgehead atoms. The van der Waals surface area contributed by atoms with Gasteiger partial charge >= 0.3 is 5.97 Å². The minimum atomic E-state index is -4.11. The van der Waals surface area contributed by atoms with Crippen molar-refractivity contribution in [1.82, 2.24) is 14.8 Å². The second kappa shape index (κ2) is 6.81. The van der Waals surface area contributed by atoms with Crippen molar-refractivity contribution in [3.05, 3.63) is 41.2 Å². The van der Waals surface area contributed by atoms with E-state index >= 15 is 0 Å². The minimum absolute atomic E-state index is 0.00985. The number of carbonyl (C=O) groups is 1. The summed E-state index contributed by atoms with van der Waals surface area (Å²) < 4.78 is 29.8. The molecule has 0 amide bonds. The number of hydrogen-bond acceptors (Lipinski definition) is 7. The van der Waals surface area contributed by atoms with E-state index in [1.165, 1.54) is 19.2 Å². The van der Waals surface area contributed by atoms with Crippen LogP contribution in [0.1, 0.15) is 21.7 Å². The molecule has 24 heavy (non-hydrogen) atoms. The first-order chi connectivity index (χ1) is 11.2. The van der Waals surface area contributed by atoms with E-state index in [1.54, 1.807) is 19.9 Å². The van der Waals surface area contributed by atoms with Crippen LogP contribution in [-0.4, -0.2) is 36.6 Å². The first kappa shape index (κ1) is 17.6. The van der Waals surface area contributed by atoms with Crippen LogP contribution in [0.25, 0.3) is 0 Å². The second-order valence-corrected chi connectivity index (χ2v) is 6.53. The highest BCUT2D eigenvalue weighted by Gasteiger charge is 2.22. The smallest absolute Gasteiger partial charge is 0.335 e. The molecule has 0 atom stereocenters. The zero-order valence-electron chi connectivity index (χ0n) is 13.2. The number of hydrazine groups is 1. The monoisotopic (exact) mass is 352 g/mol. The number of nitrogens with one attached hydrogen (secondary N) is 2. The molecule has 9 nitrogen and oxygen atoms in total. The summed E-state index contributed by atoms with van der Waals surface area (Å²) in [5.41, 5.74) is 3.54. The standard InChI is InChI=1S/C14H16N4O5S/c1-8-6-9(2)16-14(15-8)17-18-24(21,22)12-7-10(13(19)20)4-5-11(12)23-3/h4-7,18H,1-3H3,(H,19,20)(H,15,16,17). The number of nitrogens with zero attached hydrogens (tertiary/aromatic N) is 2. The van der Waals surface area contributed by atoms with E-state index in [0.29, 0.717) is 11.4 Å². The van der Waals surface area contributed by atoms with Gasteiger partial charge in [-0.2, -0.15) is 0 Å². The quantitative estimate of drug-likeness (QED) is 0.659. The topological polar surface area (TPSA) is 131 Å². The Bertz CT molecular complexity index is 862. The number of rotatable bonds is 6. The number of methoxy groups -OCH3 is 1. The number of anilines is 1. The predicted octanol–water partition coefficient (Wildman–Crippen LogP) is 1.11. The maximum atomic E-state index is 12.4. The second-order valence-electron chi connectivity index (χ2n) is 4.88. The van der Waals surface area contributed by atoms with Gasteiger partial charge < -0.3 is 9.84 Å². The minimum Gasteiger partial charge on any atom is -0.495 e. The van der Waals surface area contributed by atoms with E-state index in [-0.39, 0.29) is 22.2 Å². The van der Waals surface area contributed by atoms with Crippen LogP contribution in [0.3, 0.4) is 0 Å². The Morgan fingerprint density at radius 3 is 2.33 bits per heavy atom. The number of carboxylic acids is 1. The number of benzene rings is 1. The molecule has 0 aliphatic rings. The molecular formula is C14H16N4O5S. The van der Waals surface area contributed by atoms with E-state index in [1.807, 2.05) is 0 Å². The summed E-state index contributed by atoms with van der Waals surface area (Å²) in [7, 11) is -2.83. The van der Waals surface area contributed by atoms with Gasteiger partial charge in [-0.25, -0.2) is 23.2 Å². The fourth-order valence-corrected chi connectivity index (χ4v) is 3.00. The van der Waals surface area contributed by atoms with Crippen LogP contribution in [0.4, 0.5) is 5.95 Å². The van der Waals surface area contributed by atoms with Crippen molar-refractivity contribution in [2.75, 3.05) is 12.5 Å². The van der Waals surface area contributed by atoms with Gasteiger partial charge in [-0.3, -0.25) is 5.43 Å². The summed E-state index contributed by atoms with van der Waals surface area (Å²) in [5, 5.41) is 9.02. The van der Waals surface area contributed by atoms with Gasteiger partial charge in [-0.05, 0) is 38.1 Å². The van der Waals surface area contributed by atoms with E-state index in [9.17, 15) is 13.2 Å². The molecule has 3 N–H and O–H groups in total. The molecule has 1 aromatic heterocycles. The van der Waals surface area contributed by atoms with Gasteiger partial charge in [0.15, 0.2) is 0 Å². The highest BCUT2D eigenvalue weighted by molar-refractivity contribution is 7.89. The van der Waals surface area contributed by atoms with E-state index in [0.717, 1.165) is 6.07 Å². The van der Waals surface area contributed by atoms with Crippen LogP contribution < -0.4 is 15.0 Å². The fraction of sp³-hybridized carbons (Fsp3) is 0.214. The van der Waals surface area contributed by atoms with Gasteiger partial charge in [0.1, 0.15) is 10.6 Å². The molecule has 0 unspecified atom stereocenters. The molecule has 0 saturated carbocycles. The van der Waals surface area contributed by atoms with Gasteiger partial charge in [0.25, 0.3) is 10.0 Å². The maximum Gasteiger partial charge on any atom is 0.335 e. The van der Waals surface area contributed by atoms with E-state index in [2.05, 4.69) is 20.2 Å². The third-order valence-electron chi connectivity index (χ3n) is 2.98. The Morgan fingerprint density at radius 1 is 1.17 bits per heavy atom. The van der Waals surface area contributed by atoms with E-state index in [4.69, 9.17) is 9.84 Å². The van der Waals surface area contributed by atoms with Crippen molar-refractivity contribution in [2.24, 2.45) is 0 Å². The van der Waals surface area contributed by atoms with Crippen molar-refractivity contribution in [3.63, 3.8) is 0 Å². The van der Waals surface area contributed by atoms with Crippen molar-refractivity contribution in [1.29, 1.82) is 0 Å². The molecule has 2 rings (SSSR count). The number of ether oxygens (including phenoxy) is 1. The normalized spacial score (nSPS) is 11.1. The van der Waals surface area contributed by atoms with Gasteiger partial charge in [0, 0.05) is 11.4 Å². The van der Waals surface area contributed by atoms with E-state index < -0.39 is 16.0 Å². The maximum absolute atomic E-state index is 12.4. The third kappa shape index (κ3) is 3.97. The molecule has 0 fully saturated rings. The number of hydrogen-bond donors (Lipinski definition) is 3. The zero-order chi connectivity index (χ0) is 17.9.